The summed E-state index contributed by atoms with van der Waals surface area (Å²) >= 11 is 0. The summed E-state index contributed by atoms with van der Waals surface area (Å²) in [6.45, 7) is 0.777. The SMILES string of the molecule is Cn1c(CO/N=C/c2ccc(OCc3ccccc3)c(OCc3ccccc3)c2)cc(=O)n(C)c1=O. The Hall–Kier alpha value is -4.59. The Kier molecular flexibility index (Phi) is 7.97. The van der Waals surface area contributed by atoms with Gasteiger partial charge < -0.3 is 14.3 Å². The average Bonchev–Trinajstić information content (AvgIpc) is 2.92. The zero-order chi connectivity index (χ0) is 25.3. The largest absolute Gasteiger partial charge is 0.485 e. The van der Waals surface area contributed by atoms with Crippen molar-refractivity contribution in [3.63, 3.8) is 0 Å². The van der Waals surface area contributed by atoms with Gasteiger partial charge in [0.2, 0.25) is 0 Å². The van der Waals surface area contributed by atoms with Crippen molar-refractivity contribution in [3.8, 4) is 11.5 Å². The van der Waals surface area contributed by atoms with Gasteiger partial charge in [-0.15, -0.1) is 0 Å². The lowest BCUT2D eigenvalue weighted by Gasteiger charge is -2.14. The van der Waals surface area contributed by atoms with Crippen molar-refractivity contribution in [2.24, 2.45) is 19.3 Å². The molecule has 4 aromatic rings. The van der Waals surface area contributed by atoms with Crippen LogP contribution < -0.4 is 20.7 Å². The molecule has 1 heterocycles. The average molecular weight is 486 g/mol. The third-order valence-corrected chi connectivity index (χ3v) is 5.56. The molecule has 0 unspecified atom stereocenters. The second kappa shape index (κ2) is 11.7. The predicted octanol–water partition coefficient (Wildman–Crippen LogP) is 3.79. The lowest BCUT2D eigenvalue weighted by Crippen LogP contribution is -2.38. The van der Waals surface area contributed by atoms with E-state index in [0.29, 0.717) is 30.4 Å². The Bertz CT molecular complexity index is 1440. The second-order valence-corrected chi connectivity index (χ2v) is 8.14. The van der Waals surface area contributed by atoms with Gasteiger partial charge in [-0.3, -0.25) is 13.9 Å². The maximum Gasteiger partial charge on any atom is 0.330 e. The minimum atomic E-state index is -0.420. The minimum Gasteiger partial charge on any atom is -0.485 e. The van der Waals surface area contributed by atoms with Gasteiger partial charge in [0, 0.05) is 25.7 Å². The van der Waals surface area contributed by atoms with Crippen molar-refractivity contribution in [2.75, 3.05) is 0 Å². The van der Waals surface area contributed by atoms with Crippen LogP contribution in [0.3, 0.4) is 0 Å². The van der Waals surface area contributed by atoms with Crippen LogP contribution in [0, 0.1) is 0 Å². The zero-order valence-electron chi connectivity index (χ0n) is 20.2. The van der Waals surface area contributed by atoms with Crippen LogP contribution in [-0.2, 0) is 38.8 Å². The van der Waals surface area contributed by atoms with E-state index in [1.165, 1.54) is 23.9 Å². The smallest absolute Gasteiger partial charge is 0.330 e. The van der Waals surface area contributed by atoms with Crippen LogP contribution in [0.25, 0.3) is 0 Å². The summed E-state index contributed by atoms with van der Waals surface area (Å²) in [7, 11) is 3.01. The summed E-state index contributed by atoms with van der Waals surface area (Å²) in [5.41, 5.74) is 2.44. The molecule has 0 aliphatic carbocycles. The van der Waals surface area contributed by atoms with Gasteiger partial charge in [-0.2, -0.15) is 0 Å². The molecular weight excluding hydrogens is 458 g/mol. The Morgan fingerprint density at radius 3 is 1.97 bits per heavy atom. The maximum atomic E-state index is 12.0. The Labute approximate surface area is 208 Å². The van der Waals surface area contributed by atoms with Crippen molar-refractivity contribution >= 4 is 6.21 Å². The summed E-state index contributed by atoms with van der Waals surface area (Å²) in [6.07, 6.45) is 1.54. The zero-order valence-corrected chi connectivity index (χ0v) is 20.2. The first-order valence-electron chi connectivity index (χ1n) is 11.4. The summed E-state index contributed by atoms with van der Waals surface area (Å²) in [5.74, 6) is 1.19. The molecule has 0 amide bonds. The molecule has 4 rings (SSSR count). The summed E-state index contributed by atoms with van der Waals surface area (Å²) < 4.78 is 14.5. The predicted molar refractivity (Wildman–Crippen MR) is 137 cm³/mol. The summed E-state index contributed by atoms with van der Waals surface area (Å²) in [6, 6.07) is 26.6. The van der Waals surface area contributed by atoms with Gasteiger partial charge in [0.05, 0.1) is 11.9 Å². The van der Waals surface area contributed by atoms with Gasteiger partial charge in [-0.25, -0.2) is 4.79 Å². The van der Waals surface area contributed by atoms with Gasteiger partial charge in [0.15, 0.2) is 18.1 Å². The first kappa shape index (κ1) is 24.5. The molecule has 8 heteroatoms. The van der Waals surface area contributed by atoms with E-state index in [1.54, 1.807) is 7.05 Å². The van der Waals surface area contributed by atoms with Crippen LogP contribution in [0.1, 0.15) is 22.4 Å². The van der Waals surface area contributed by atoms with Crippen molar-refractivity contribution in [1.82, 2.24) is 9.13 Å². The summed E-state index contributed by atoms with van der Waals surface area (Å²) in [5, 5.41) is 4.00. The first-order valence-corrected chi connectivity index (χ1v) is 11.4. The molecule has 0 atom stereocenters. The quantitative estimate of drug-likeness (QED) is 0.252. The number of aromatic nitrogens is 2. The molecular formula is C28H27N3O5. The first-order chi connectivity index (χ1) is 17.5. The molecule has 0 aliphatic heterocycles. The van der Waals surface area contributed by atoms with Gasteiger partial charge in [0.1, 0.15) is 13.2 Å². The molecule has 0 radical (unpaired) electrons. The molecule has 0 aliphatic rings. The lowest BCUT2D eigenvalue weighted by atomic mass is 10.2. The van der Waals surface area contributed by atoms with E-state index in [-0.39, 0.29) is 6.61 Å². The minimum absolute atomic E-state index is 0.0199. The molecule has 0 saturated heterocycles. The number of benzene rings is 3. The third-order valence-electron chi connectivity index (χ3n) is 5.56. The van der Waals surface area contributed by atoms with Crippen LogP contribution in [0.2, 0.25) is 0 Å². The van der Waals surface area contributed by atoms with Gasteiger partial charge in [-0.1, -0.05) is 65.8 Å². The van der Waals surface area contributed by atoms with Crippen molar-refractivity contribution < 1.29 is 14.3 Å². The molecule has 1 aromatic heterocycles. The fourth-order valence-electron chi connectivity index (χ4n) is 3.43. The number of hydrogen-bond donors (Lipinski definition) is 0. The van der Waals surface area contributed by atoms with Crippen LogP contribution >= 0.6 is 0 Å². The maximum absolute atomic E-state index is 12.0. The molecule has 0 bridgehead atoms. The highest BCUT2D eigenvalue weighted by atomic mass is 16.6. The van der Waals surface area contributed by atoms with E-state index in [9.17, 15) is 9.59 Å². The second-order valence-electron chi connectivity index (χ2n) is 8.14. The van der Waals surface area contributed by atoms with E-state index in [2.05, 4.69) is 5.16 Å². The Morgan fingerprint density at radius 2 is 1.33 bits per heavy atom. The highest BCUT2D eigenvalue weighted by Crippen LogP contribution is 2.29. The summed E-state index contributed by atoms with van der Waals surface area (Å²) in [4.78, 5) is 29.3. The fourth-order valence-corrected chi connectivity index (χ4v) is 3.43. The molecule has 3 aromatic carbocycles. The van der Waals surface area contributed by atoms with Crippen LogP contribution in [0.4, 0.5) is 0 Å². The van der Waals surface area contributed by atoms with E-state index in [0.717, 1.165) is 21.3 Å². The van der Waals surface area contributed by atoms with E-state index in [4.69, 9.17) is 14.3 Å². The van der Waals surface area contributed by atoms with Crippen LogP contribution in [0.15, 0.2) is 99.7 Å². The molecule has 0 N–H and O–H groups in total. The molecule has 36 heavy (non-hydrogen) atoms. The van der Waals surface area contributed by atoms with E-state index < -0.39 is 11.2 Å². The van der Waals surface area contributed by atoms with Crippen LogP contribution in [-0.4, -0.2) is 15.3 Å². The van der Waals surface area contributed by atoms with Crippen molar-refractivity contribution in [2.45, 2.75) is 19.8 Å². The number of oxime groups is 1. The fraction of sp³-hybridized carbons (Fsp3) is 0.179. The molecule has 0 fully saturated rings. The van der Waals surface area contributed by atoms with Crippen molar-refractivity contribution in [3.05, 3.63) is 128 Å². The molecule has 184 valence electrons. The van der Waals surface area contributed by atoms with Gasteiger partial charge >= 0.3 is 5.69 Å². The number of rotatable bonds is 10. The highest BCUT2D eigenvalue weighted by molar-refractivity contribution is 5.80. The van der Waals surface area contributed by atoms with Gasteiger partial charge in [-0.05, 0) is 29.3 Å². The lowest BCUT2D eigenvalue weighted by molar-refractivity contribution is 0.126. The highest BCUT2D eigenvalue weighted by Gasteiger charge is 2.09. The van der Waals surface area contributed by atoms with Crippen molar-refractivity contribution in [1.29, 1.82) is 0 Å². The molecule has 0 spiro atoms. The standard InChI is InChI=1S/C28H27N3O5/c1-30-24(16-27(32)31(2)28(30)33)20-36-29-17-23-13-14-25(34-18-21-9-5-3-6-10-21)26(15-23)35-19-22-11-7-4-8-12-22/h3-17H,18-20H2,1-2H3/b29-17+. The number of hydrogen-bond acceptors (Lipinski definition) is 6. The number of nitrogens with zero attached hydrogens (tertiary/aromatic N) is 3. The van der Waals surface area contributed by atoms with Crippen LogP contribution in [0.5, 0.6) is 11.5 Å². The molecule has 0 saturated carbocycles. The van der Waals surface area contributed by atoms with E-state index >= 15 is 0 Å². The third kappa shape index (κ3) is 6.29. The monoisotopic (exact) mass is 485 g/mol. The molecule has 8 nitrogen and oxygen atoms in total. The normalized spacial score (nSPS) is 10.9. The topological polar surface area (TPSA) is 84.1 Å². The Balaban J connectivity index is 1.47. The Morgan fingerprint density at radius 1 is 0.722 bits per heavy atom. The number of ether oxygens (including phenoxy) is 2. The van der Waals surface area contributed by atoms with E-state index in [1.807, 2.05) is 78.9 Å². The van der Waals surface area contributed by atoms with Gasteiger partial charge in [0.25, 0.3) is 5.56 Å².